The van der Waals surface area contributed by atoms with Crippen molar-refractivity contribution in [2.75, 3.05) is 11.9 Å². The summed E-state index contributed by atoms with van der Waals surface area (Å²) in [4.78, 5) is 0. The Labute approximate surface area is 115 Å². The van der Waals surface area contributed by atoms with Gasteiger partial charge in [0.05, 0.1) is 6.10 Å². The third-order valence-corrected chi connectivity index (χ3v) is 4.99. The highest BCUT2D eigenvalue weighted by atomic mass is 16.5. The summed E-state index contributed by atoms with van der Waals surface area (Å²) in [5.74, 6) is 0.369. The van der Waals surface area contributed by atoms with Gasteiger partial charge in [-0.2, -0.15) is 0 Å². The molecule has 1 aromatic rings. The second-order valence-electron chi connectivity index (χ2n) is 5.96. The summed E-state index contributed by atoms with van der Waals surface area (Å²) in [6, 6.07) is 6.34. The lowest BCUT2D eigenvalue weighted by Gasteiger charge is -2.61. The molecule has 3 nitrogen and oxygen atoms in total. The minimum Gasteiger partial charge on any atom is -0.508 e. The van der Waals surface area contributed by atoms with Gasteiger partial charge in [0.25, 0.3) is 0 Å². The monoisotopic (exact) mass is 261 g/mol. The molecule has 1 spiro atoms. The topological polar surface area (TPSA) is 41.5 Å². The van der Waals surface area contributed by atoms with E-state index in [1.54, 1.807) is 0 Å². The summed E-state index contributed by atoms with van der Waals surface area (Å²) < 4.78 is 5.86. The summed E-state index contributed by atoms with van der Waals surface area (Å²) in [7, 11) is 0. The molecular weight excluding hydrogens is 238 g/mol. The lowest BCUT2D eigenvalue weighted by atomic mass is 9.51. The van der Waals surface area contributed by atoms with Gasteiger partial charge in [0, 0.05) is 29.8 Å². The largest absolute Gasteiger partial charge is 0.508 e. The number of aryl methyl sites for hydroxylation is 1. The number of rotatable bonds is 4. The van der Waals surface area contributed by atoms with E-state index < -0.39 is 0 Å². The summed E-state index contributed by atoms with van der Waals surface area (Å²) >= 11 is 0. The minimum absolute atomic E-state index is 0.358. The zero-order valence-corrected chi connectivity index (χ0v) is 11.8. The minimum atomic E-state index is 0.358. The van der Waals surface area contributed by atoms with Crippen LogP contribution in [-0.4, -0.2) is 23.9 Å². The van der Waals surface area contributed by atoms with E-state index in [-0.39, 0.29) is 0 Å². The number of benzene rings is 1. The second kappa shape index (κ2) is 4.71. The quantitative estimate of drug-likeness (QED) is 0.872. The van der Waals surface area contributed by atoms with Crippen LogP contribution in [0.3, 0.4) is 0 Å². The first-order valence-corrected chi connectivity index (χ1v) is 7.33. The first kappa shape index (κ1) is 12.8. The second-order valence-corrected chi connectivity index (χ2v) is 5.96. The Morgan fingerprint density at radius 2 is 2.21 bits per heavy atom. The molecule has 0 amide bonds. The number of phenolic OH excluding ortho intramolecular Hbond substituents is 1. The van der Waals surface area contributed by atoms with Crippen LogP contribution in [0.25, 0.3) is 0 Å². The van der Waals surface area contributed by atoms with Crippen LogP contribution < -0.4 is 5.32 Å². The van der Waals surface area contributed by atoms with Gasteiger partial charge >= 0.3 is 0 Å². The van der Waals surface area contributed by atoms with E-state index in [1.807, 2.05) is 19.1 Å². The molecule has 2 N–H and O–H groups in total. The van der Waals surface area contributed by atoms with Crippen LogP contribution in [0.15, 0.2) is 18.2 Å². The zero-order chi connectivity index (χ0) is 13.5. The number of aromatic hydroxyl groups is 1. The molecule has 0 bridgehead atoms. The molecule has 0 radical (unpaired) electrons. The van der Waals surface area contributed by atoms with Gasteiger partial charge in [-0.3, -0.25) is 0 Å². The van der Waals surface area contributed by atoms with Crippen LogP contribution in [0.5, 0.6) is 5.75 Å². The molecular formula is C16H23NO2. The number of hydrogen-bond acceptors (Lipinski definition) is 3. The molecule has 104 valence electrons. The average molecular weight is 261 g/mol. The van der Waals surface area contributed by atoms with Gasteiger partial charge < -0.3 is 15.2 Å². The van der Waals surface area contributed by atoms with Crippen molar-refractivity contribution in [1.29, 1.82) is 0 Å². The molecule has 3 rings (SSSR count). The van der Waals surface area contributed by atoms with Crippen molar-refractivity contribution in [1.82, 2.24) is 0 Å². The van der Waals surface area contributed by atoms with Crippen molar-refractivity contribution < 1.29 is 9.84 Å². The third-order valence-electron chi connectivity index (χ3n) is 4.99. The van der Waals surface area contributed by atoms with E-state index in [0.29, 0.717) is 23.3 Å². The van der Waals surface area contributed by atoms with Gasteiger partial charge in [-0.1, -0.05) is 12.5 Å². The number of ether oxygens (including phenoxy) is 1. The van der Waals surface area contributed by atoms with E-state index in [1.165, 1.54) is 19.3 Å². The number of hydrogen-bond donors (Lipinski definition) is 2. The molecule has 2 atom stereocenters. The average Bonchev–Trinajstić information content (AvgIpc) is 2.30. The molecule has 2 saturated carbocycles. The van der Waals surface area contributed by atoms with E-state index in [2.05, 4.69) is 18.3 Å². The Morgan fingerprint density at radius 1 is 1.42 bits per heavy atom. The van der Waals surface area contributed by atoms with E-state index in [0.717, 1.165) is 24.3 Å². The summed E-state index contributed by atoms with van der Waals surface area (Å²) in [6.07, 6.45) is 5.38. The summed E-state index contributed by atoms with van der Waals surface area (Å²) in [5, 5.41) is 13.4. The van der Waals surface area contributed by atoms with E-state index in [9.17, 15) is 5.11 Å². The first-order valence-electron chi connectivity index (χ1n) is 7.33. The van der Waals surface area contributed by atoms with Crippen LogP contribution in [0, 0.1) is 12.3 Å². The SMILES string of the molecule is CCOC1CC(Nc2ccc(C)c(O)c2)C12CCC2. The van der Waals surface area contributed by atoms with Crippen LogP contribution in [0.2, 0.25) is 0 Å². The molecule has 0 heterocycles. The van der Waals surface area contributed by atoms with Gasteiger partial charge in [0.15, 0.2) is 0 Å². The smallest absolute Gasteiger partial charge is 0.120 e. The van der Waals surface area contributed by atoms with E-state index >= 15 is 0 Å². The van der Waals surface area contributed by atoms with E-state index in [4.69, 9.17) is 4.74 Å². The van der Waals surface area contributed by atoms with Crippen molar-refractivity contribution in [2.45, 2.75) is 51.7 Å². The van der Waals surface area contributed by atoms with Crippen LogP contribution >= 0.6 is 0 Å². The maximum absolute atomic E-state index is 9.78. The predicted octanol–water partition coefficient (Wildman–Crippen LogP) is 3.46. The predicted molar refractivity (Wildman–Crippen MR) is 76.6 cm³/mol. The first-order chi connectivity index (χ1) is 9.15. The third kappa shape index (κ3) is 2.00. The van der Waals surface area contributed by atoms with Crippen LogP contribution in [0.4, 0.5) is 5.69 Å². The van der Waals surface area contributed by atoms with Crippen molar-refractivity contribution in [3.05, 3.63) is 23.8 Å². The Kier molecular flexibility index (Phi) is 3.17. The summed E-state index contributed by atoms with van der Waals surface area (Å²) in [6.45, 7) is 4.80. The number of nitrogens with one attached hydrogen (secondary N) is 1. The van der Waals surface area contributed by atoms with Crippen molar-refractivity contribution >= 4 is 5.69 Å². The highest BCUT2D eigenvalue weighted by Gasteiger charge is 2.58. The standard InChI is InChI=1S/C16H23NO2/c1-3-19-15-10-14(16(15)7-4-8-16)17-12-6-5-11(2)13(18)9-12/h5-6,9,14-15,17-18H,3-4,7-8,10H2,1-2H3. The normalized spacial score (nSPS) is 27.7. The Morgan fingerprint density at radius 3 is 2.79 bits per heavy atom. The zero-order valence-electron chi connectivity index (χ0n) is 11.8. The molecule has 0 aromatic heterocycles. The molecule has 1 aromatic carbocycles. The van der Waals surface area contributed by atoms with Gasteiger partial charge in [0.2, 0.25) is 0 Å². The lowest BCUT2D eigenvalue weighted by molar-refractivity contribution is -0.157. The van der Waals surface area contributed by atoms with Crippen molar-refractivity contribution in [2.24, 2.45) is 5.41 Å². The fraction of sp³-hybridized carbons (Fsp3) is 0.625. The van der Waals surface area contributed by atoms with Gasteiger partial charge in [-0.25, -0.2) is 0 Å². The lowest BCUT2D eigenvalue weighted by Crippen LogP contribution is -2.64. The molecule has 0 aliphatic heterocycles. The summed E-state index contributed by atoms with van der Waals surface area (Å²) in [5.41, 5.74) is 2.30. The Balaban J connectivity index is 1.69. The molecule has 2 aliphatic carbocycles. The highest BCUT2D eigenvalue weighted by Crippen LogP contribution is 2.58. The van der Waals surface area contributed by atoms with Crippen molar-refractivity contribution in [3.8, 4) is 5.75 Å². The molecule has 19 heavy (non-hydrogen) atoms. The van der Waals surface area contributed by atoms with Crippen LogP contribution in [0.1, 0.15) is 38.2 Å². The maximum atomic E-state index is 9.78. The molecule has 2 aliphatic rings. The van der Waals surface area contributed by atoms with Crippen LogP contribution in [-0.2, 0) is 4.74 Å². The Bertz CT molecular complexity index is 468. The molecule has 2 fully saturated rings. The van der Waals surface area contributed by atoms with Crippen molar-refractivity contribution in [3.63, 3.8) is 0 Å². The van der Waals surface area contributed by atoms with Gasteiger partial charge in [0.1, 0.15) is 5.75 Å². The van der Waals surface area contributed by atoms with Gasteiger partial charge in [-0.15, -0.1) is 0 Å². The molecule has 0 saturated heterocycles. The molecule has 3 heteroatoms. The fourth-order valence-corrected chi connectivity index (χ4v) is 3.54. The number of phenols is 1. The van der Waals surface area contributed by atoms with Gasteiger partial charge in [-0.05, 0) is 44.7 Å². The maximum Gasteiger partial charge on any atom is 0.120 e. The fourth-order valence-electron chi connectivity index (χ4n) is 3.54. The number of anilines is 1. The Hall–Kier alpha value is -1.22. The highest BCUT2D eigenvalue weighted by molar-refractivity contribution is 5.52. The molecule has 2 unspecified atom stereocenters.